The van der Waals surface area contributed by atoms with Crippen molar-refractivity contribution in [3.63, 3.8) is 0 Å². The van der Waals surface area contributed by atoms with Gasteiger partial charge in [0.2, 0.25) is 0 Å². The van der Waals surface area contributed by atoms with E-state index in [2.05, 4.69) is 30.6 Å². The Labute approximate surface area is 122 Å². The van der Waals surface area contributed by atoms with E-state index in [1.807, 2.05) is 24.3 Å². The lowest BCUT2D eigenvalue weighted by atomic mass is 10.0. The molecule has 0 atom stereocenters. The molecule has 2 rings (SSSR count). The van der Waals surface area contributed by atoms with Gasteiger partial charge in [-0.15, -0.1) is 0 Å². The first-order valence-corrected chi connectivity index (χ1v) is 7.29. The highest BCUT2D eigenvalue weighted by Crippen LogP contribution is 2.27. The third kappa shape index (κ3) is 4.00. The highest BCUT2D eigenvalue weighted by atomic mass is 16.5. The smallest absolute Gasteiger partial charge is 0.120 e. The lowest BCUT2D eigenvalue weighted by Crippen LogP contribution is -2.40. The SMILES string of the molecule is CC1(C)CCCN1CCOc1cccc(C#CCN)c1. The van der Waals surface area contributed by atoms with Crippen molar-refractivity contribution in [2.24, 2.45) is 5.73 Å². The van der Waals surface area contributed by atoms with E-state index in [1.165, 1.54) is 19.4 Å². The van der Waals surface area contributed by atoms with Gasteiger partial charge >= 0.3 is 0 Å². The predicted octanol–water partition coefficient (Wildman–Crippen LogP) is 2.25. The fourth-order valence-electron chi connectivity index (χ4n) is 2.67. The molecule has 2 N–H and O–H groups in total. The summed E-state index contributed by atoms with van der Waals surface area (Å²) < 4.78 is 5.84. The van der Waals surface area contributed by atoms with Crippen LogP contribution in [0.3, 0.4) is 0 Å². The van der Waals surface area contributed by atoms with Crippen LogP contribution in [0.4, 0.5) is 0 Å². The molecule has 1 aliphatic heterocycles. The van der Waals surface area contributed by atoms with Gasteiger partial charge in [-0.25, -0.2) is 0 Å². The Kier molecular flexibility index (Phi) is 5.05. The van der Waals surface area contributed by atoms with Crippen molar-refractivity contribution >= 4 is 0 Å². The van der Waals surface area contributed by atoms with Crippen LogP contribution in [0, 0.1) is 11.8 Å². The summed E-state index contributed by atoms with van der Waals surface area (Å²) in [5, 5.41) is 0. The Bertz CT molecular complexity index is 499. The second-order valence-electron chi connectivity index (χ2n) is 5.79. The van der Waals surface area contributed by atoms with Crippen LogP contribution in [0.15, 0.2) is 24.3 Å². The number of likely N-dealkylation sites (tertiary alicyclic amines) is 1. The molecular weight excluding hydrogens is 248 g/mol. The van der Waals surface area contributed by atoms with E-state index in [-0.39, 0.29) is 0 Å². The summed E-state index contributed by atoms with van der Waals surface area (Å²) in [6.45, 7) is 7.88. The number of benzene rings is 1. The average Bonchev–Trinajstić information content (AvgIpc) is 2.76. The molecule has 0 radical (unpaired) electrons. The van der Waals surface area contributed by atoms with E-state index in [1.54, 1.807) is 0 Å². The van der Waals surface area contributed by atoms with Gasteiger partial charge in [0.15, 0.2) is 0 Å². The number of hydrogen-bond donors (Lipinski definition) is 1. The van der Waals surface area contributed by atoms with E-state index >= 15 is 0 Å². The van der Waals surface area contributed by atoms with Crippen LogP contribution in [0.2, 0.25) is 0 Å². The third-order valence-electron chi connectivity index (χ3n) is 3.87. The van der Waals surface area contributed by atoms with Crippen molar-refractivity contribution in [3.05, 3.63) is 29.8 Å². The first-order valence-electron chi connectivity index (χ1n) is 7.29. The summed E-state index contributed by atoms with van der Waals surface area (Å²) in [6.07, 6.45) is 2.56. The molecule has 0 spiro atoms. The van der Waals surface area contributed by atoms with Gasteiger partial charge < -0.3 is 10.5 Å². The van der Waals surface area contributed by atoms with Crippen molar-refractivity contribution < 1.29 is 4.74 Å². The topological polar surface area (TPSA) is 38.5 Å². The Morgan fingerprint density at radius 1 is 1.40 bits per heavy atom. The predicted molar refractivity (Wildman–Crippen MR) is 82.8 cm³/mol. The second-order valence-corrected chi connectivity index (χ2v) is 5.79. The molecule has 0 amide bonds. The van der Waals surface area contributed by atoms with Gasteiger partial charge in [-0.05, 0) is 51.4 Å². The monoisotopic (exact) mass is 272 g/mol. The maximum atomic E-state index is 5.84. The van der Waals surface area contributed by atoms with E-state index < -0.39 is 0 Å². The number of ether oxygens (including phenoxy) is 1. The van der Waals surface area contributed by atoms with Crippen LogP contribution in [-0.4, -0.2) is 36.7 Å². The summed E-state index contributed by atoms with van der Waals surface area (Å²) >= 11 is 0. The molecule has 0 bridgehead atoms. The number of nitrogens with two attached hydrogens (primary N) is 1. The molecule has 3 nitrogen and oxygen atoms in total. The van der Waals surface area contributed by atoms with Gasteiger partial charge in [-0.1, -0.05) is 17.9 Å². The zero-order valence-corrected chi connectivity index (χ0v) is 12.5. The number of hydrogen-bond acceptors (Lipinski definition) is 3. The largest absolute Gasteiger partial charge is 0.492 e. The van der Waals surface area contributed by atoms with Crippen molar-refractivity contribution in [2.45, 2.75) is 32.2 Å². The highest BCUT2D eigenvalue weighted by molar-refractivity contribution is 5.39. The molecule has 1 aromatic carbocycles. The van der Waals surface area contributed by atoms with Crippen LogP contribution < -0.4 is 10.5 Å². The summed E-state index contributed by atoms with van der Waals surface area (Å²) in [5.74, 6) is 6.76. The Morgan fingerprint density at radius 2 is 2.25 bits per heavy atom. The quantitative estimate of drug-likeness (QED) is 0.854. The molecule has 1 aliphatic rings. The van der Waals surface area contributed by atoms with E-state index in [9.17, 15) is 0 Å². The minimum atomic E-state index is 0.317. The van der Waals surface area contributed by atoms with Crippen LogP contribution in [-0.2, 0) is 0 Å². The van der Waals surface area contributed by atoms with Crippen LogP contribution in [0.25, 0.3) is 0 Å². The van der Waals surface area contributed by atoms with Crippen molar-refractivity contribution in [3.8, 4) is 17.6 Å². The Balaban J connectivity index is 1.85. The van der Waals surface area contributed by atoms with Gasteiger partial charge in [0.05, 0.1) is 6.54 Å². The zero-order valence-electron chi connectivity index (χ0n) is 12.5. The minimum Gasteiger partial charge on any atom is -0.492 e. The summed E-state index contributed by atoms with van der Waals surface area (Å²) in [7, 11) is 0. The van der Waals surface area contributed by atoms with Gasteiger partial charge in [0.25, 0.3) is 0 Å². The van der Waals surface area contributed by atoms with Crippen molar-refractivity contribution in [1.29, 1.82) is 0 Å². The molecule has 3 heteroatoms. The molecule has 20 heavy (non-hydrogen) atoms. The summed E-state index contributed by atoms with van der Waals surface area (Å²) in [6, 6.07) is 7.88. The van der Waals surface area contributed by atoms with E-state index in [4.69, 9.17) is 10.5 Å². The van der Waals surface area contributed by atoms with Gasteiger partial charge in [-0.2, -0.15) is 0 Å². The van der Waals surface area contributed by atoms with E-state index in [0.29, 0.717) is 12.1 Å². The van der Waals surface area contributed by atoms with Crippen LogP contribution in [0.1, 0.15) is 32.3 Å². The second kappa shape index (κ2) is 6.78. The molecule has 0 unspecified atom stereocenters. The molecule has 1 saturated heterocycles. The maximum absolute atomic E-state index is 5.84. The normalized spacial score (nSPS) is 17.6. The molecule has 0 saturated carbocycles. The highest BCUT2D eigenvalue weighted by Gasteiger charge is 2.31. The standard InChI is InChI=1S/C17H24N2O/c1-17(2)9-5-11-19(17)12-13-20-16-8-3-6-15(14-16)7-4-10-18/h3,6,8,14H,5,9-13,18H2,1-2H3. The third-order valence-corrected chi connectivity index (χ3v) is 3.87. The van der Waals surface area contributed by atoms with Gasteiger partial charge in [0, 0.05) is 17.6 Å². The van der Waals surface area contributed by atoms with Crippen molar-refractivity contribution in [1.82, 2.24) is 4.90 Å². The molecule has 0 aromatic heterocycles. The molecule has 1 fully saturated rings. The number of nitrogens with zero attached hydrogens (tertiary/aromatic N) is 1. The maximum Gasteiger partial charge on any atom is 0.120 e. The van der Waals surface area contributed by atoms with Crippen molar-refractivity contribution in [2.75, 3.05) is 26.2 Å². The number of rotatable bonds is 4. The van der Waals surface area contributed by atoms with Gasteiger partial charge in [0.1, 0.15) is 12.4 Å². The molecule has 1 heterocycles. The molecule has 0 aliphatic carbocycles. The fraction of sp³-hybridized carbons (Fsp3) is 0.529. The van der Waals surface area contributed by atoms with Crippen LogP contribution in [0.5, 0.6) is 5.75 Å². The fourth-order valence-corrected chi connectivity index (χ4v) is 2.67. The lowest BCUT2D eigenvalue weighted by Gasteiger charge is -2.31. The minimum absolute atomic E-state index is 0.317. The zero-order chi connectivity index (χ0) is 14.4. The van der Waals surface area contributed by atoms with Crippen LogP contribution >= 0.6 is 0 Å². The molecule has 1 aromatic rings. The summed E-state index contributed by atoms with van der Waals surface area (Å²) in [4.78, 5) is 2.51. The van der Waals surface area contributed by atoms with E-state index in [0.717, 1.165) is 24.5 Å². The Hall–Kier alpha value is -1.50. The lowest BCUT2D eigenvalue weighted by molar-refractivity contribution is 0.143. The van der Waals surface area contributed by atoms with Gasteiger partial charge in [-0.3, -0.25) is 4.90 Å². The average molecular weight is 272 g/mol. The Morgan fingerprint density at radius 3 is 2.95 bits per heavy atom. The first kappa shape index (κ1) is 14.9. The molecule has 108 valence electrons. The molecular formula is C17H24N2O. The first-order chi connectivity index (χ1) is 9.62. The summed E-state index contributed by atoms with van der Waals surface area (Å²) in [5.41, 5.74) is 6.65.